The number of furan rings is 1. The molecular formula is C19H18FN3O3. The fourth-order valence-electron chi connectivity index (χ4n) is 2.55. The highest BCUT2D eigenvalue weighted by Gasteiger charge is 2.22. The maximum Gasteiger partial charge on any atom is 0.291 e. The fourth-order valence-corrected chi connectivity index (χ4v) is 2.55. The van der Waals surface area contributed by atoms with Gasteiger partial charge in [-0.25, -0.2) is 4.39 Å². The Labute approximate surface area is 149 Å². The molecule has 1 N–H and O–H groups in total. The normalized spacial score (nSPS) is 13.6. The molecule has 0 spiro atoms. The van der Waals surface area contributed by atoms with E-state index in [-0.39, 0.29) is 24.1 Å². The van der Waals surface area contributed by atoms with Crippen LogP contribution >= 0.6 is 0 Å². The van der Waals surface area contributed by atoms with Crippen molar-refractivity contribution < 1.29 is 18.3 Å². The van der Waals surface area contributed by atoms with Gasteiger partial charge in [0.25, 0.3) is 5.91 Å². The summed E-state index contributed by atoms with van der Waals surface area (Å²) in [5.41, 5.74) is 0.635. The van der Waals surface area contributed by atoms with Crippen LogP contribution in [0.25, 0.3) is 0 Å². The van der Waals surface area contributed by atoms with Crippen LogP contribution in [0.2, 0.25) is 0 Å². The van der Waals surface area contributed by atoms with Gasteiger partial charge in [-0.15, -0.1) is 0 Å². The molecule has 4 rings (SSSR count). The molecule has 1 saturated carbocycles. The summed E-state index contributed by atoms with van der Waals surface area (Å²) in [6, 6.07) is 8.97. The zero-order valence-corrected chi connectivity index (χ0v) is 14.0. The number of nitrogens with zero attached hydrogens (tertiary/aromatic N) is 2. The predicted octanol–water partition coefficient (Wildman–Crippen LogP) is 3.86. The highest BCUT2D eigenvalue weighted by atomic mass is 19.1. The monoisotopic (exact) mass is 355 g/mol. The zero-order valence-electron chi connectivity index (χ0n) is 14.0. The Morgan fingerprint density at radius 2 is 2.08 bits per heavy atom. The molecule has 2 heterocycles. The predicted molar refractivity (Wildman–Crippen MR) is 92.3 cm³/mol. The molecule has 0 unspecified atom stereocenters. The van der Waals surface area contributed by atoms with Crippen LogP contribution in [0.5, 0.6) is 5.75 Å². The molecule has 134 valence electrons. The van der Waals surface area contributed by atoms with Crippen molar-refractivity contribution in [3.63, 3.8) is 0 Å². The molecule has 26 heavy (non-hydrogen) atoms. The van der Waals surface area contributed by atoms with E-state index in [0.29, 0.717) is 23.1 Å². The largest absolute Gasteiger partial charge is 0.486 e. The van der Waals surface area contributed by atoms with Crippen molar-refractivity contribution in [3.05, 3.63) is 66.1 Å². The third-order valence-electron chi connectivity index (χ3n) is 4.11. The maximum absolute atomic E-state index is 12.9. The van der Waals surface area contributed by atoms with E-state index in [1.165, 1.54) is 37.1 Å². The van der Waals surface area contributed by atoms with Crippen molar-refractivity contribution in [1.29, 1.82) is 0 Å². The summed E-state index contributed by atoms with van der Waals surface area (Å²) in [7, 11) is 0. The molecule has 7 heteroatoms. The van der Waals surface area contributed by atoms with Gasteiger partial charge in [-0.3, -0.25) is 9.48 Å². The summed E-state index contributed by atoms with van der Waals surface area (Å²) in [4.78, 5) is 12.3. The number of carbonyl (C=O) groups excluding carboxylic acids is 1. The van der Waals surface area contributed by atoms with Crippen LogP contribution in [-0.4, -0.2) is 15.7 Å². The topological polar surface area (TPSA) is 69.3 Å². The van der Waals surface area contributed by atoms with E-state index in [9.17, 15) is 9.18 Å². The highest BCUT2D eigenvalue weighted by molar-refractivity contribution is 6.02. The van der Waals surface area contributed by atoms with Crippen LogP contribution in [0.15, 0.2) is 53.2 Å². The molecule has 1 aliphatic carbocycles. The number of halogens is 1. The molecule has 0 bridgehead atoms. The molecule has 2 aromatic heterocycles. The second-order valence-corrected chi connectivity index (χ2v) is 6.36. The Morgan fingerprint density at radius 1 is 1.27 bits per heavy atom. The quantitative estimate of drug-likeness (QED) is 0.699. The molecule has 3 aromatic rings. The molecule has 1 aliphatic rings. The average Bonchev–Trinajstić information content (AvgIpc) is 3.14. The summed E-state index contributed by atoms with van der Waals surface area (Å²) in [5.74, 6) is 1.27. The van der Waals surface area contributed by atoms with Gasteiger partial charge in [0.1, 0.15) is 23.9 Å². The number of aromatic nitrogens is 2. The minimum atomic E-state index is -0.344. The van der Waals surface area contributed by atoms with Crippen molar-refractivity contribution in [2.24, 2.45) is 5.92 Å². The third-order valence-corrected chi connectivity index (χ3v) is 4.11. The summed E-state index contributed by atoms with van der Waals surface area (Å²) in [6.07, 6.45) is 5.94. The number of hydrogen-bond donors (Lipinski definition) is 1. The van der Waals surface area contributed by atoms with Crippen LogP contribution in [0, 0.1) is 11.7 Å². The smallest absolute Gasteiger partial charge is 0.291 e. The molecule has 0 atom stereocenters. The molecule has 6 nitrogen and oxygen atoms in total. The second kappa shape index (κ2) is 7.03. The van der Waals surface area contributed by atoms with Gasteiger partial charge < -0.3 is 14.5 Å². The van der Waals surface area contributed by atoms with Gasteiger partial charge in [0.15, 0.2) is 5.76 Å². The summed E-state index contributed by atoms with van der Waals surface area (Å²) in [5, 5.41) is 7.01. The van der Waals surface area contributed by atoms with Crippen LogP contribution in [-0.2, 0) is 13.2 Å². The number of hydrogen-bond acceptors (Lipinski definition) is 4. The van der Waals surface area contributed by atoms with Crippen molar-refractivity contribution in [2.45, 2.75) is 26.0 Å². The Hall–Kier alpha value is -3.09. The fraction of sp³-hybridized carbons (Fsp3) is 0.263. The van der Waals surface area contributed by atoms with Crippen molar-refractivity contribution in [2.75, 3.05) is 5.32 Å². The van der Waals surface area contributed by atoms with Crippen molar-refractivity contribution in [1.82, 2.24) is 9.78 Å². The van der Waals surface area contributed by atoms with E-state index in [0.717, 1.165) is 6.54 Å². The number of anilines is 1. The first-order valence-corrected chi connectivity index (χ1v) is 8.46. The molecule has 0 radical (unpaired) electrons. The highest BCUT2D eigenvalue weighted by Crippen LogP contribution is 2.30. The van der Waals surface area contributed by atoms with Crippen molar-refractivity contribution >= 4 is 11.6 Å². The zero-order chi connectivity index (χ0) is 17.9. The molecule has 1 aromatic carbocycles. The number of carbonyl (C=O) groups is 1. The molecule has 0 saturated heterocycles. The molecule has 1 amide bonds. The summed E-state index contributed by atoms with van der Waals surface area (Å²) < 4.78 is 25.7. The maximum atomic E-state index is 12.9. The lowest BCUT2D eigenvalue weighted by Gasteiger charge is -2.03. The Balaban J connectivity index is 1.32. The molecular weight excluding hydrogens is 337 g/mol. The lowest BCUT2D eigenvalue weighted by atomic mass is 10.3. The van der Waals surface area contributed by atoms with Gasteiger partial charge in [0.05, 0.1) is 11.9 Å². The first-order chi connectivity index (χ1) is 12.7. The first-order valence-electron chi connectivity index (χ1n) is 8.46. The van der Waals surface area contributed by atoms with E-state index in [4.69, 9.17) is 9.15 Å². The second-order valence-electron chi connectivity index (χ2n) is 6.36. The summed E-state index contributed by atoms with van der Waals surface area (Å²) >= 11 is 0. The molecule has 1 fully saturated rings. The number of amides is 1. The SMILES string of the molecule is O=C(Nc1cnn(CC2CC2)c1)c1ccc(COc2ccc(F)cc2)o1. The van der Waals surface area contributed by atoms with Crippen LogP contribution in [0.4, 0.5) is 10.1 Å². The molecule has 0 aliphatic heterocycles. The lowest BCUT2D eigenvalue weighted by Crippen LogP contribution is -2.10. The van der Waals surface area contributed by atoms with Gasteiger partial charge in [-0.2, -0.15) is 5.10 Å². The average molecular weight is 355 g/mol. The lowest BCUT2D eigenvalue weighted by molar-refractivity contribution is 0.0992. The Kier molecular flexibility index (Phi) is 4.43. The Bertz CT molecular complexity index is 897. The van der Waals surface area contributed by atoms with Gasteiger partial charge in [-0.1, -0.05) is 0 Å². The van der Waals surface area contributed by atoms with E-state index >= 15 is 0 Å². The van der Waals surface area contributed by atoms with Crippen LogP contribution in [0.1, 0.15) is 29.2 Å². The third kappa shape index (κ3) is 4.11. The van der Waals surface area contributed by atoms with E-state index in [1.807, 2.05) is 10.9 Å². The van der Waals surface area contributed by atoms with E-state index in [2.05, 4.69) is 10.4 Å². The van der Waals surface area contributed by atoms with Crippen LogP contribution < -0.4 is 10.1 Å². The standard InChI is InChI=1S/C19H18FN3O3/c20-14-3-5-16(6-4-14)25-12-17-7-8-18(26-17)19(24)22-15-9-21-23(11-15)10-13-1-2-13/h3-9,11,13H,1-2,10,12H2,(H,22,24). The Morgan fingerprint density at radius 3 is 2.85 bits per heavy atom. The minimum absolute atomic E-state index is 0.151. The number of benzene rings is 1. The number of ether oxygens (including phenoxy) is 1. The van der Waals surface area contributed by atoms with Crippen molar-refractivity contribution in [3.8, 4) is 5.75 Å². The number of nitrogens with one attached hydrogen (secondary N) is 1. The van der Waals surface area contributed by atoms with Gasteiger partial charge >= 0.3 is 0 Å². The summed E-state index contributed by atoms with van der Waals surface area (Å²) in [6.45, 7) is 1.04. The van der Waals surface area contributed by atoms with Gasteiger partial charge in [0.2, 0.25) is 0 Å². The van der Waals surface area contributed by atoms with Crippen LogP contribution in [0.3, 0.4) is 0 Å². The number of rotatable bonds is 7. The van der Waals surface area contributed by atoms with E-state index in [1.54, 1.807) is 18.3 Å². The van der Waals surface area contributed by atoms with Gasteiger partial charge in [-0.05, 0) is 55.2 Å². The first kappa shape index (κ1) is 16.4. The van der Waals surface area contributed by atoms with E-state index < -0.39 is 0 Å². The van der Waals surface area contributed by atoms with Gasteiger partial charge in [0, 0.05) is 12.7 Å². The minimum Gasteiger partial charge on any atom is -0.486 e.